The number of hydrogen-bond acceptors (Lipinski definition) is 7. The average molecular weight is 379 g/mol. The highest BCUT2D eigenvalue weighted by atomic mass is 16.6. The molecule has 0 saturated heterocycles. The van der Waals surface area contributed by atoms with Crippen molar-refractivity contribution < 1.29 is 14.5 Å². The van der Waals surface area contributed by atoms with Gasteiger partial charge in [-0.2, -0.15) is 4.98 Å². The van der Waals surface area contributed by atoms with Gasteiger partial charge in [0.2, 0.25) is 5.82 Å². The van der Waals surface area contributed by atoms with Crippen LogP contribution in [0, 0.1) is 24.0 Å². The van der Waals surface area contributed by atoms with Crippen molar-refractivity contribution in [3.05, 3.63) is 81.7 Å². The number of amides is 1. The van der Waals surface area contributed by atoms with Gasteiger partial charge in [0, 0.05) is 5.56 Å². The molecule has 0 aliphatic carbocycles. The zero-order chi connectivity index (χ0) is 20.1. The number of nitrogens with zero attached hydrogens (tertiary/aromatic N) is 3. The van der Waals surface area contributed by atoms with Crippen LogP contribution in [-0.4, -0.2) is 20.8 Å². The van der Waals surface area contributed by atoms with Crippen molar-refractivity contribution in [1.82, 2.24) is 15.4 Å². The molecule has 3 rings (SSSR count). The Morgan fingerprint density at radius 1 is 1.07 bits per heavy atom. The van der Waals surface area contributed by atoms with Crippen LogP contribution < -0.4 is 15.6 Å². The summed E-state index contributed by atoms with van der Waals surface area (Å²) in [6.45, 7) is 3.78. The number of hydrogen-bond donors (Lipinski definition) is 2. The molecule has 142 valence electrons. The summed E-state index contributed by atoms with van der Waals surface area (Å²) in [5, 5.41) is 11.6. The van der Waals surface area contributed by atoms with Crippen molar-refractivity contribution >= 4 is 17.4 Å². The molecule has 0 saturated carbocycles. The Balaban J connectivity index is 1.85. The normalized spacial score (nSPS) is 10.2. The van der Waals surface area contributed by atoms with E-state index in [1.54, 1.807) is 42.5 Å². The number of nitrogens with one attached hydrogen (secondary N) is 2. The van der Waals surface area contributed by atoms with Gasteiger partial charge in [-0.25, -0.2) is 4.98 Å². The minimum atomic E-state index is -0.672. The van der Waals surface area contributed by atoms with Gasteiger partial charge in [0.25, 0.3) is 5.91 Å². The van der Waals surface area contributed by atoms with Gasteiger partial charge in [0.05, 0.1) is 4.92 Å². The quantitative estimate of drug-likeness (QED) is 0.496. The van der Waals surface area contributed by atoms with Crippen LogP contribution in [0.1, 0.15) is 21.5 Å². The molecule has 0 unspecified atom stereocenters. The summed E-state index contributed by atoms with van der Waals surface area (Å²) in [7, 11) is 0. The molecule has 0 spiro atoms. The van der Waals surface area contributed by atoms with E-state index in [9.17, 15) is 14.9 Å². The van der Waals surface area contributed by atoms with Crippen LogP contribution >= 0.6 is 0 Å². The first-order chi connectivity index (χ1) is 13.4. The Morgan fingerprint density at radius 2 is 1.75 bits per heavy atom. The molecule has 28 heavy (non-hydrogen) atoms. The summed E-state index contributed by atoms with van der Waals surface area (Å²) in [4.78, 5) is 30.8. The lowest BCUT2D eigenvalue weighted by Crippen LogP contribution is -2.30. The highest BCUT2D eigenvalue weighted by molar-refractivity contribution is 5.94. The van der Waals surface area contributed by atoms with E-state index in [2.05, 4.69) is 20.8 Å². The summed E-state index contributed by atoms with van der Waals surface area (Å²) >= 11 is 0. The molecule has 2 aromatic carbocycles. The number of benzene rings is 2. The number of nitro groups is 1. The maximum Gasteiger partial charge on any atom is 0.374 e. The summed E-state index contributed by atoms with van der Waals surface area (Å²) in [6.07, 6.45) is 1.11. The second-order valence-electron chi connectivity index (χ2n) is 6.00. The Bertz CT molecular complexity index is 1000. The molecular formula is C19H17N5O4. The predicted octanol–water partition coefficient (Wildman–Crippen LogP) is 3.55. The maximum absolute atomic E-state index is 12.1. The molecular weight excluding hydrogens is 362 g/mol. The van der Waals surface area contributed by atoms with Crippen molar-refractivity contribution in [3.63, 3.8) is 0 Å². The summed E-state index contributed by atoms with van der Waals surface area (Å²) in [6, 6.07) is 13.8. The van der Waals surface area contributed by atoms with Gasteiger partial charge in [0.15, 0.2) is 0 Å². The van der Waals surface area contributed by atoms with Crippen molar-refractivity contribution in [3.8, 4) is 11.6 Å². The molecule has 0 aliphatic heterocycles. The fourth-order valence-corrected chi connectivity index (χ4v) is 2.57. The number of carbonyl (C=O) groups excluding carboxylic acids is 1. The third-order valence-electron chi connectivity index (χ3n) is 3.71. The molecule has 1 aromatic heterocycles. The zero-order valence-electron chi connectivity index (χ0n) is 15.2. The second kappa shape index (κ2) is 8.12. The number of aromatic nitrogens is 2. The first kappa shape index (κ1) is 18.8. The number of aryl methyl sites for hydroxylation is 2. The van der Waals surface area contributed by atoms with E-state index in [0.29, 0.717) is 11.3 Å². The molecule has 1 heterocycles. The number of carbonyl (C=O) groups is 1. The molecule has 1 amide bonds. The summed E-state index contributed by atoms with van der Waals surface area (Å²) in [5.41, 5.74) is 6.64. The number of ether oxygens (including phenoxy) is 1. The van der Waals surface area contributed by atoms with Gasteiger partial charge in [-0.05, 0) is 49.2 Å². The Hall–Kier alpha value is -4.01. The molecule has 0 bridgehead atoms. The van der Waals surface area contributed by atoms with Crippen LogP contribution in [0.3, 0.4) is 0 Å². The lowest BCUT2D eigenvalue weighted by molar-refractivity contribution is -0.385. The first-order valence-corrected chi connectivity index (χ1v) is 8.31. The van der Waals surface area contributed by atoms with Gasteiger partial charge in [-0.3, -0.25) is 25.8 Å². The van der Waals surface area contributed by atoms with E-state index >= 15 is 0 Å². The van der Waals surface area contributed by atoms with Crippen molar-refractivity contribution in [2.75, 3.05) is 5.43 Å². The van der Waals surface area contributed by atoms with Gasteiger partial charge >= 0.3 is 11.6 Å². The number of hydrazine groups is 1. The van der Waals surface area contributed by atoms with Crippen LogP contribution in [-0.2, 0) is 0 Å². The lowest BCUT2D eigenvalue weighted by atomic mass is 10.1. The molecule has 3 aromatic rings. The Morgan fingerprint density at radius 3 is 2.39 bits per heavy atom. The third-order valence-corrected chi connectivity index (χ3v) is 3.71. The van der Waals surface area contributed by atoms with E-state index in [0.717, 1.165) is 17.5 Å². The highest BCUT2D eigenvalue weighted by Crippen LogP contribution is 2.34. The standard InChI is InChI=1S/C19H17N5O4/c1-12-8-13(2)10-15(9-12)28-19-16(24(26)27)17(20-11-21-19)22-23-18(25)14-6-4-3-5-7-14/h3-11H,1-2H3,(H,23,25)(H,20,21,22). The van der Waals surface area contributed by atoms with E-state index in [4.69, 9.17) is 4.74 Å². The lowest BCUT2D eigenvalue weighted by Gasteiger charge is -2.11. The topological polar surface area (TPSA) is 119 Å². The minimum absolute atomic E-state index is 0.191. The molecule has 0 radical (unpaired) electrons. The SMILES string of the molecule is Cc1cc(C)cc(Oc2ncnc(NNC(=O)c3ccccc3)c2[N+](=O)[O-])c1. The van der Waals surface area contributed by atoms with Crippen LogP contribution in [0.2, 0.25) is 0 Å². The van der Waals surface area contributed by atoms with E-state index in [1.807, 2.05) is 19.9 Å². The molecule has 2 N–H and O–H groups in total. The van der Waals surface area contributed by atoms with E-state index < -0.39 is 16.5 Å². The highest BCUT2D eigenvalue weighted by Gasteiger charge is 2.25. The Kier molecular flexibility index (Phi) is 5.45. The van der Waals surface area contributed by atoms with Crippen molar-refractivity contribution in [2.45, 2.75) is 13.8 Å². The average Bonchev–Trinajstić information content (AvgIpc) is 2.65. The van der Waals surface area contributed by atoms with Gasteiger partial charge in [-0.15, -0.1) is 0 Å². The van der Waals surface area contributed by atoms with Gasteiger partial charge in [0.1, 0.15) is 12.1 Å². The van der Waals surface area contributed by atoms with Gasteiger partial charge in [-0.1, -0.05) is 24.3 Å². The smallest absolute Gasteiger partial charge is 0.374 e. The van der Waals surface area contributed by atoms with Crippen LogP contribution in [0.15, 0.2) is 54.9 Å². The number of rotatable bonds is 6. The summed E-state index contributed by atoms with van der Waals surface area (Å²) in [5.74, 6) is -0.478. The second-order valence-corrected chi connectivity index (χ2v) is 6.00. The Labute approximate surface area is 160 Å². The molecule has 9 heteroatoms. The van der Waals surface area contributed by atoms with E-state index in [-0.39, 0.29) is 11.7 Å². The number of anilines is 1. The fraction of sp³-hybridized carbons (Fsp3) is 0.105. The first-order valence-electron chi connectivity index (χ1n) is 8.31. The van der Waals surface area contributed by atoms with E-state index in [1.165, 1.54) is 0 Å². The van der Waals surface area contributed by atoms with Crippen molar-refractivity contribution in [2.24, 2.45) is 0 Å². The minimum Gasteiger partial charge on any atom is -0.434 e. The fourth-order valence-electron chi connectivity index (χ4n) is 2.57. The molecule has 0 aliphatic rings. The van der Waals surface area contributed by atoms with Crippen LogP contribution in [0.25, 0.3) is 0 Å². The van der Waals surface area contributed by atoms with Crippen LogP contribution in [0.5, 0.6) is 11.6 Å². The maximum atomic E-state index is 12.1. The van der Waals surface area contributed by atoms with Crippen LogP contribution in [0.4, 0.5) is 11.5 Å². The summed E-state index contributed by atoms with van der Waals surface area (Å²) < 4.78 is 5.62. The molecule has 0 fully saturated rings. The molecule has 9 nitrogen and oxygen atoms in total. The zero-order valence-corrected chi connectivity index (χ0v) is 15.2. The third kappa shape index (κ3) is 4.39. The van der Waals surface area contributed by atoms with Crippen molar-refractivity contribution in [1.29, 1.82) is 0 Å². The predicted molar refractivity (Wildman–Crippen MR) is 102 cm³/mol. The largest absolute Gasteiger partial charge is 0.434 e. The molecule has 0 atom stereocenters. The van der Waals surface area contributed by atoms with Gasteiger partial charge < -0.3 is 4.74 Å². The monoisotopic (exact) mass is 379 g/mol.